The van der Waals surface area contributed by atoms with E-state index < -0.39 is 0 Å². The molecule has 20 heavy (non-hydrogen) atoms. The molecule has 3 rings (SSSR count). The van der Waals surface area contributed by atoms with Crippen LogP contribution in [0.3, 0.4) is 0 Å². The van der Waals surface area contributed by atoms with Crippen molar-refractivity contribution >= 4 is 0 Å². The van der Waals surface area contributed by atoms with Crippen LogP contribution in [-0.2, 0) is 12.8 Å². The van der Waals surface area contributed by atoms with E-state index in [1.807, 2.05) is 0 Å². The molecule has 0 saturated heterocycles. The van der Waals surface area contributed by atoms with Crippen molar-refractivity contribution in [3.63, 3.8) is 0 Å². The van der Waals surface area contributed by atoms with Gasteiger partial charge in [-0.2, -0.15) is 0 Å². The molecule has 2 aromatic carbocycles. The summed E-state index contributed by atoms with van der Waals surface area (Å²) in [5, 5.41) is 0. The molecular formula is C18H21NO. The summed E-state index contributed by atoms with van der Waals surface area (Å²) in [7, 11) is 0. The molecule has 0 bridgehead atoms. The molecule has 1 aliphatic heterocycles. The van der Waals surface area contributed by atoms with E-state index in [2.05, 4.69) is 56.3 Å². The van der Waals surface area contributed by atoms with Crippen molar-refractivity contribution in [1.82, 2.24) is 0 Å². The van der Waals surface area contributed by atoms with Crippen LogP contribution in [0.4, 0.5) is 0 Å². The zero-order valence-electron chi connectivity index (χ0n) is 12.1. The lowest BCUT2D eigenvalue weighted by molar-refractivity contribution is 0.254. The number of nitrogens with two attached hydrogens (primary N) is 1. The molecule has 2 atom stereocenters. The standard InChI is InChI=1S/C18H21NO/c1-12-4-3-5-14(8-12)10-17(19)15-6-7-18-16(11-15)9-13(2)20-18/h3-8,11,13,17H,9-10,19H2,1-2H3. The summed E-state index contributed by atoms with van der Waals surface area (Å²) >= 11 is 0. The van der Waals surface area contributed by atoms with Gasteiger partial charge in [-0.1, -0.05) is 42.0 Å². The van der Waals surface area contributed by atoms with Crippen LogP contribution in [0.2, 0.25) is 0 Å². The first-order chi connectivity index (χ1) is 9.61. The van der Waals surface area contributed by atoms with Gasteiger partial charge in [0, 0.05) is 12.5 Å². The third kappa shape index (κ3) is 2.70. The van der Waals surface area contributed by atoms with E-state index >= 15 is 0 Å². The first kappa shape index (κ1) is 13.2. The van der Waals surface area contributed by atoms with Gasteiger partial charge in [-0.05, 0) is 43.0 Å². The third-order valence-corrected chi connectivity index (χ3v) is 3.89. The Morgan fingerprint density at radius 3 is 2.90 bits per heavy atom. The molecule has 2 unspecified atom stereocenters. The highest BCUT2D eigenvalue weighted by Gasteiger charge is 2.20. The molecule has 2 N–H and O–H groups in total. The van der Waals surface area contributed by atoms with Crippen LogP contribution in [0.1, 0.15) is 35.2 Å². The van der Waals surface area contributed by atoms with Crippen molar-refractivity contribution in [2.45, 2.75) is 38.8 Å². The molecule has 104 valence electrons. The average Bonchev–Trinajstić information content (AvgIpc) is 2.77. The monoisotopic (exact) mass is 267 g/mol. The Morgan fingerprint density at radius 2 is 2.10 bits per heavy atom. The maximum Gasteiger partial charge on any atom is 0.123 e. The second kappa shape index (κ2) is 5.29. The predicted octanol–water partition coefficient (Wildman–Crippen LogP) is 3.56. The van der Waals surface area contributed by atoms with Crippen molar-refractivity contribution in [3.05, 3.63) is 64.7 Å². The van der Waals surface area contributed by atoms with Gasteiger partial charge in [0.05, 0.1) is 0 Å². The molecule has 0 aromatic heterocycles. The zero-order chi connectivity index (χ0) is 14.1. The molecule has 1 aliphatic rings. The van der Waals surface area contributed by atoms with E-state index in [1.165, 1.54) is 22.3 Å². The van der Waals surface area contributed by atoms with E-state index in [0.29, 0.717) is 0 Å². The molecule has 0 amide bonds. The fourth-order valence-electron chi connectivity index (χ4n) is 2.88. The van der Waals surface area contributed by atoms with Crippen molar-refractivity contribution in [2.75, 3.05) is 0 Å². The fraction of sp³-hybridized carbons (Fsp3) is 0.333. The molecule has 2 heteroatoms. The largest absolute Gasteiger partial charge is 0.490 e. The van der Waals surface area contributed by atoms with Crippen molar-refractivity contribution in [3.8, 4) is 5.75 Å². The van der Waals surface area contributed by atoms with Crippen molar-refractivity contribution in [1.29, 1.82) is 0 Å². The molecular weight excluding hydrogens is 246 g/mol. The highest BCUT2D eigenvalue weighted by atomic mass is 16.5. The van der Waals surface area contributed by atoms with Crippen LogP contribution in [0.25, 0.3) is 0 Å². The molecule has 2 nitrogen and oxygen atoms in total. The number of hydrogen-bond acceptors (Lipinski definition) is 2. The summed E-state index contributed by atoms with van der Waals surface area (Å²) in [6.07, 6.45) is 2.14. The molecule has 0 aliphatic carbocycles. The summed E-state index contributed by atoms with van der Waals surface area (Å²) in [6.45, 7) is 4.22. The van der Waals surface area contributed by atoms with E-state index in [9.17, 15) is 0 Å². The number of benzene rings is 2. The van der Waals surface area contributed by atoms with Crippen molar-refractivity contribution < 1.29 is 4.74 Å². The first-order valence-corrected chi connectivity index (χ1v) is 7.22. The Morgan fingerprint density at radius 1 is 1.25 bits per heavy atom. The number of fused-ring (bicyclic) bond motifs is 1. The SMILES string of the molecule is Cc1cccc(CC(N)c2ccc3c(c2)CC(C)O3)c1. The maximum absolute atomic E-state index is 6.37. The van der Waals surface area contributed by atoms with Gasteiger partial charge in [-0.25, -0.2) is 0 Å². The first-order valence-electron chi connectivity index (χ1n) is 7.22. The second-order valence-corrected chi connectivity index (χ2v) is 5.80. The van der Waals surface area contributed by atoms with Crippen LogP contribution < -0.4 is 10.5 Å². The van der Waals surface area contributed by atoms with Crippen LogP contribution in [0.15, 0.2) is 42.5 Å². The minimum atomic E-state index is 0.0398. The average molecular weight is 267 g/mol. The zero-order valence-corrected chi connectivity index (χ0v) is 12.1. The quantitative estimate of drug-likeness (QED) is 0.923. The van der Waals surface area contributed by atoms with Crippen LogP contribution >= 0.6 is 0 Å². The third-order valence-electron chi connectivity index (χ3n) is 3.89. The lowest BCUT2D eigenvalue weighted by Gasteiger charge is -2.13. The number of ether oxygens (including phenoxy) is 1. The fourth-order valence-corrected chi connectivity index (χ4v) is 2.88. The number of aryl methyl sites for hydroxylation is 1. The minimum Gasteiger partial charge on any atom is -0.490 e. The van der Waals surface area contributed by atoms with Gasteiger partial charge < -0.3 is 10.5 Å². The van der Waals surface area contributed by atoms with Crippen LogP contribution in [-0.4, -0.2) is 6.10 Å². The second-order valence-electron chi connectivity index (χ2n) is 5.80. The smallest absolute Gasteiger partial charge is 0.123 e. The molecule has 0 radical (unpaired) electrons. The lowest BCUT2D eigenvalue weighted by Crippen LogP contribution is -2.13. The normalized spacial score (nSPS) is 18.4. The molecule has 0 fully saturated rings. The Balaban J connectivity index is 1.78. The van der Waals surface area contributed by atoms with Crippen LogP contribution in [0, 0.1) is 6.92 Å². The van der Waals surface area contributed by atoms with Gasteiger partial charge in [0.15, 0.2) is 0 Å². The topological polar surface area (TPSA) is 35.2 Å². The van der Waals surface area contributed by atoms with Gasteiger partial charge >= 0.3 is 0 Å². The number of hydrogen-bond donors (Lipinski definition) is 1. The Bertz CT molecular complexity index is 621. The van der Waals surface area contributed by atoms with Gasteiger partial charge in [-0.3, -0.25) is 0 Å². The van der Waals surface area contributed by atoms with Crippen molar-refractivity contribution in [2.24, 2.45) is 5.73 Å². The van der Waals surface area contributed by atoms with Gasteiger partial charge in [0.1, 0.15) is 11.9 Å². The highest BCUT2D eigenvalue weighted by Crippen LogP contribution is 2.31. The summed E-state index contributed by atoms with van der Waals surface area (Å²) < 4.78 is 5.73. The lowest BCUT2D eigenvalue weighted by atomic mass is 9.96. The number of rotatable bonds is 3. The Labute approximate surface area is 120 Å². The van der Waals surface area contributed by atoms with Crippen LogP contribution in [0.5, 0.6) is 5.75 Å². The molecule has 0 saturated carbocycles. The van der Waals surface area contributed by atoms with Gasteiger partial charge in [0.25, 0.3) is 0 Å². The summed E-state index contributed by atoms with van der Waals surface area (Å²) in [4.78, 5) is 0. The molecule has 0 spiro atoms. The van der Waals surface area contributed by atoms with E-state index in [0.717, 1.165) is 18.6 Å². The molecule has 1 heterocycles. The summed E-state index contributed by atoms with van der Waals surface area (Å²) in [5.74, 6) is 1.02. The van der Waals surface area contributed by atoms with E-state index in [1.54, 1.807) is 0 Å². The summed E-state index contributed by atoms with van der Waals surface area (Å²) in [5.41, 5.74) is 11.4. The Hall–Kier alpha value is -1.80. The predicted molar refractivity (Wildman–Crippen MR) is 82.0 cm³/mol. The van der Waals surface area contributed by atoms with Gasteiger partial charge in [-0.15, -0.1) is 0 Å². The minimum absolute atomic E-state index is 0.0398. The maximum atomic E-state index is 6.37. The Kier molecular flexibility index (Phi) is 3.49. The highest BCUT2D eigenvalue weighted by molar-refractivity contribution is 5.42. The molecule has 2 aromatic rings. The van der Waals surface area contributed by atoms with Gasteiger partial charge in [0.2, 0.25) is 0 Å². The van der Waals surface area contributed by atoms with E-state index in [-0.39, 0.29) is 12.1 Å². The van der Waals surface area contributed by atoms with E-state index in [4.69, 9.17) is 10.5 Å². The summed E-state index contributed by atoms with van der Waals surface area (Å²) in [6, 6.07) is 15.0.